The number of rotatable bonds is 9. The van der Waals surface area contributed by atoms with Crippen LogP contribution < -0.4 is 10.1 Å². The highest BCUT2D eigenvalue weighted by Gasteiger charge is 2.51. The van der Waals surface area contributed by atoms with E-state index >= 15 is 0 Å². The molecule has 2 heterocycles. The number of carboxylic acid groups (broad SMARTS) is 1. The van der Waals surface area contributed by atoms with E-state index < -0.39 is 42.4 Å². The molecule has 0 unspecified atom stereocenters. The summed E-state index contributed by atoms with van der Waals surface area (Å²) in [6.07, 6.45) is -1.46. The van der Waals surface area contributed by atoms with Crippen LogP contribution in [-0.4, -0.2) is 94.7 Å². The Morgan fingerprint density at radius 1 is 0.953 bits per heavy atom. The maximum absolute atomic E-state index is 13.9. The van der Waals surface area contributed by atoms with Crippen molar-refractivity contribution in [1.29, 1.82) is 0 Å². The number of urea groups is 1. The summed E-state index contributed by atoms with van der Waals surface area (Å²) >= 11 is 0. The van der Waals surface area contributed by atoms with E-state index in [4.69, 9.17) is 4.74 Å². The lowest BCUT2D eigenvalue weighted by molar-refractivity contribution is -0.188. The molecule has 0 spiro atoms. The number of hydrazine groups is 1. The fourth-order valence-electron chi connectivity index (χ4n) is 5.83. The minimum Gasteiger partial charge on any atom is -0.497 e. The topological polar surface area (TPSA) is 123 Å². The Kier molecular flexibility index (Phi) is 8.91. The van der Waals surface area contributed by atoms with E-state index in [1.165, 1.54) is 14.9 Å². The molecule has 0 radical (unpaired) electrons. The standard InChI is InChI=1S/C32H35N5O6/c1-34-21-29(38)36-27(17-30(39)40)31(41)35(19-26(23-9-5-3-6-10-23)24-11-7-4-8-12-24)20-28(36)37(34)32(42)33-18-22-13-15-25(43-2)16-14-22/h3-16,26-28H,17-21H2,1-2H3,(H,33,42)(H,39,40)/t27-,28-/m0/s1. The van der Waals surface area contributed by atoms with Crippen LogP contribution in [0, 0.1) is 0 Å². The first-order valence-corrected chi connectivity index (χ1v) is 14.1. The van der Waals surface area contributed by atoms with Crippen molar-refractivity contribution in [3.8, 4) is 5.75 Å². The van der Waals surface area contributed by atoms with E-state index in [0.29, 0.717) is 5.75 Å². The van der Waals surface area contributed by atoms with Crippen LogP contribution in [0.2, 0.25) is 0 Å². The number of hydrogen-bond acceptors (Lipinski definition) is 6. The Balaban J connectivity index is 1.45. The van der Waals surface area contributed by atoms with E-state index in [1.807, 2.05) is 72.8 Å². The highest BCUT2D eigenvalue weighted by Crippen LogP contribution is 2.31. The summed E-state index contributed by atoms with van der Waals surface area (Å²) < 4.78 is 5.20. The first-order valence-electron chi connectivity index (χ1n) is 14.1. The minimum absolute atomic E-state index is 0.0250. The van der Waals surface area contributed by atoms with Gasteiger partial charge in [0.15, 0.2) is 0 Å². The first kappa shape index (κ1) is 29.6. The van der Waals surface area contributed by atoms with Crippen molar-refractivity contribution in [2.45, 2.75) is 31.1 Å². The Bertz CT molecular complexity index is 1410. The molecule has 2 aliphatic heterocycles. The molecule has 2 atom stereocenters. The van der Waals surface area contributed by atoms with Gasteiger partial charge in [0.25, 0.3) is 0 Å². The Hall–Kier alpha value is -4.90. The van der Waals surface area contributed by atoms with Crippen molar-refractivity contribution in [1.82, 2.24) is 25.1 Å². The molecule has 0 aliphatic carbocycles. The summed E-state index contributed by atoms with van der Waals surface area (Å²) in [7, 11) is 3.21. The summed E-state index contributed by atoms with van der Waals surface area (Å²) in [4.78, 5) is 55.7. The number of ether oxygens (including phenoxy) is 1. The number of amides is 4. The fourth-order valence-corrected chi connectivity index (χ4v) is 5.83. The second-order valence-corrected chi connectivity index (χ2v) is 10.7. The van der Waals surface area contributed by atoms with Crippen molar-refractivity contribution >= 4 is 23.8 Å². The largest absolute Gasteiger partial charge is 0.497 e. The molecule has 0 saturated carbocycles. The molecule has 2 fully saturated rings. The second-order valence-electron chi connectivity index (χ2n) is 10.7. The number of nitrogens with one attached hydrogen (secondary N) is 1. The van der Waals surface area contributed by atoms with Crippen LogP contribution in [-0.2, 0) is 20.9 Å². The van der Waals surface area contributed by atoms with Crippen LogP contribution in [0.25, 0.3) is 0 Å². The predicted octanol–water partition coefficient (Wildman–Crippen LogP) is 2.74. The fraction of sp³-hybridized carbons (Fsp3) is 0.312. The molecule has 4 amide bonds. The van der Waals surface area contributed by atoms with Crippen LogP contribution in [0.5, 0.6) is 5.75 Å². The number of carbonyl (C=O) groups excluding carboxylic acids is 3. The van der Waals surface area contributed by atoms with Gasteiger partial charge in [-0.25, -0.2) is 14.8 Å². The zero-order valence-electron chi connectivity index (χ0n) is 24.1. The summed E-state index contributed by atoms with van der Waals surface area (Å²) in [5, 5.41) is 15.6. The van der Waals surface area contributed by atoms with Crippen molar-refractivity contribution in [3.63, 3.8) is 0 Å². The van der Waals surface area contributed by atoms with E-state index in [9.17, 15) is 24.3 Å². The molecule has 0 aromatic heterocycles. The van der Waals surface area contributed by atoms with Gasteiger partial charge in [0.2, 0.25) is 11.8 Å². The maximum Gasteiger partial charge on any atom is 0.334 e. The van der Waals surface area contributed by atoms with Crippen molar-refractivity contribution in [2.24, 2.45) is 0 Å². The molecule has 11 nitrogen and oxygen atoms in total. The molecule has 5 rings (SSSR count). The van der Waals surface area contributed by atoms with E-state index in [2.05, 4.69) is 5.32 Å². The van der Waals surface area contributed by atoms with E-state index in [0.717, 1.165) is 16.7 Å². The van der Waals surface area contributed by atoms with Gasteiger partial charge in [-0.05, 0) is 28.8 Å². The molecule has 224 valence electrons. The molecule has 2 saturated heterocycles. The minimum atomic E-state index is -1.25. The molecular formula is C32H35N5O6. The monoisotopic (exact) mass is 585 g/mol. The van der Waals surface area contributed by atoms with Gasteiger partial charge >= 0.3 is 12.0 Å². The number of methoxy groups -OCH3 is 1. The number of carbonyl (C=O) groups is 4. The van der Waals surface area contributed by atoms with Crippen LogP contribution in [0.1, 0.15) is 29.0 Å². The molecule has 43 heavy (non-hydrogen) atoms. The number of hydrogen-bond donors (Lipinski definition) is 2. The van der Waals surface area contributed by atoms with Gasteiger partial charge in [0.1, 0.15) is 18.0 Å². The predicted molar refractivity (Wildman–Crippen MR) is 158 cm³/mol. The third-order valence-electron chi connectivity index (χ3n) is 7.93. The quantitative estimate of drug-likeness (QED) is 0.396. The summed E-state index contributed by atoms with van der Waals surface area (Å²) in [5.41, 5.74) is 2.83. The van der Waals surface area contributed by atoms with Gasteiger partial charge in [-0.1, -0.05) is 72.8 Å². The lowest BCUT2D eigenvalue weighted by Gasteiger charge is -2.54. The maximum atomic E-state index is 13.9. The van der Waals surface area contributed by atoms with Crippen LogP contribution >= 0.6 is 0 Å². The van der Waals surface area contributed by atoms with Crippen molar-refractivity contribution < 1.29 is 29.0 Å². The zero-order chi connectivity index (χ0) is 30.5. The average Bonchev–Trinajstić information content (AvgIpc) is 3.01. The molecule has 2 N–H and O–H groups in total. The van der Waals surface area contributed by atoms with Gasteiger partial charge in [-0.2, -0.15) is 0 Å². The van der Waals surface area contributed by atoms with Gasteiger partial charge in [-0.3, -0.25) is 14.4 Å². The number of carboxylic acids is 1. The lowest BCUT2D eigenvalue weighted by Crippen LogP contribution is -2.76. The summed E-state index contributed by atoms with van der Waals surface area (Å²) in [6, 6.07) is 25.1. The number of piperazine rings is 1. The van der Waals surface area contributed by atoms with Gasteiger partial charge in [0.05, 0.1) is 26.6 Å². The second kappa shape index (κ2) is 13.0. The number of benzene rings is 3. The number of fused-ring (bicyclic) bond motifs is 1. The number of aliphatic carboxylic acids is 1. The average molecular weight is 586 g/mol. The first-order chi connectivity index (χ1) is 20.8. The van der Waals surface area contributed by atoms with Crippen molar-refractivity contribution in [2.75, 3.05) is 33.8 Å². The lowest BCUT2D eigenvalue weighted by atomic mass is 9.90. The highest BCUT2D eigenvalue weighted by molar-refractivity contribution is 5.93. The van der Waals surface area contributed by atoms with Gasteiger partial charge < -0.3 is 25.0 Å². The molecular weight excluding hydrogens is 550 g/mol. The van der Waals surface area contributed by atoms with E-state index in [1.54, 1.807) is 31.2 Å². The Morgan fingerprint density at radius 3 is 2.12 bits per heavy atom. The van der Waals surface area contributed by atoms with Crippen molar-refractivity contribution in [3.05, 3.63) is 102 Å². The zero-order valence-corrected chi connectivity index (χ0v) is 24.1. The van der Waals surface area contributed by atoms with Crippen LogP contribution in [0.15, 0.2) is 84.9 Å². The van der Waals surface area contributed by atoms with Gasteiger partial charge in [0, 0.05) is 26.1 Å². The Morgan fingerprint density at radius 2 is 1.56 bits per heavy atom. The van der Waals surface area contributed by atoms with Crippen LogP contribution in [0.3, 0.4) is 0 Å². The van der Waals surface area contributed by atoms with E-state index in [-0.39, 0.29) is 32.1 Å². The smallest absolute Gasteiger partial charge is 0.334 e. The molecule has 3 aromatic carbocycles. The molecule has 3 aromatic rings. The summed E-state index contributed by atoms with van der Waals surface area (Å²) in [6.45, 7) is 0.315. The molecule has 11 heteroatoms. The Labute approximate surface area is 250 Å². The number of likely N-dealkylation sites (N-methyl/N-ethyl adjacent to an activating group) is 1. The third-order valence-corrected chi connectivity index (χ3v) is 7.93. The van der Waals surface area contributed by atoms with Crippen LogP contribution in [0.4, 0.5) is 4.79 Å². The summed E-state index contributed by atoms with van der Waals surface area (Å²) in [5.74, 6) is -1.58. The number of nitrogens with zero attached hydrogens (tertiary/aromatic N) is 4. The highest BCUT2D eigenvalue weighted by atomic mass is 16.5. The SMILES string of the molecule is COc1ccc(CNC(=O)N2[C@H]3CN(CC(c4ccccc4)c4ccccc4)C(=O)[C@H](CC(=O)O)N3C(=O)CN2C)cc1. The normalized spacial score (nSPS) is 18.9. The molecule has 2 aliphatic rings. The van der Waals surface area contributed by atoms with Gasteiger partial charge in [-0.15, -0.1) is 0 Å². The third kappa shape index (κ3) is 6.46. The molecule has 0 bridgehead atoms.